The van der Waals surface area contributed by atoms with Crippen molar-refractivity contribution in [3.63, 3.8) is 0 Å². The first kappa shape index (κ1) is 20.5. The number of carbonyl (C=O) groups is 1. The fraction of sp³-hybridized carbons (Fsp3) is 0.292. The highest BCUT2D eigenvalue weighted by Crippen LogP contribution is 2.30. The van der Waals surface area contributed by atoms with Crippen LogP contribution in [0.4, 0.5) is 11.6 Å². The van der Waals surface area contributed by atoms with E-state index in [0.717, 1.165) is 16.9 Å². The van der Waals surface area contributed by atoms with Crippen molar-refractivity contribution < 1.29 is 4.79 Å². The SMILES string of the molecule is Cc1cc(C(=O)N(C)Cc2ccccc2)nc(Nc2ccccc2C(C)(C)C)n1. The molecule has 0 aliphatic carbocycles. The molecule has 1 aromatic heterocycles. The molecule has 150 valence electrons. The van der Waals surface area contributed by atoms with Gasteiger partial charge in [-0.1, -0.05) is 69.3 Å². The van der Waals surface area contributed by atoms with Gasteiger partial charge in [-0.3, -0.25) is 4.79 Å². The van der Waals surface area contributed by atoms with Gasteiger partial charge < -0.3 is 10.2 Å². The molecule has 0 spiro atoms. The minimum Gasteiger partial charge on any atom is -0.336 e. The van der Waals surface area contributed by atoms with Gasteiger partial charge >= 0.3 is 0 Å². The third-order valence-corrected chi connectivity index (χ3v) is 4.66. The minimum absolute atomic E-state index is 0.0258. The molecule has 1 amide bonds. The molecule has 0 aliphatic rings. The Morgan fingerprint density at radius 3 is 2.34 bits per heavy atom. The van der Waals surface area contributed by atoms with Gasteiger partial charge in [0.25, 0.3) is 5.91 Å². The Balaban J connectivity index is 1.84. The number of benzene rings is 2. The number of rotatable bonds is 5. The van der Waals surface area contributed by atoms with Gasteiger partial charge in [0.2, 0.25) is 5.95 Å². The lowest BCUT2D eigenvalue weighted by Gasteiger charge is -2.23. The molecule has 1 heterocycles. The number of para-hydroxylation sites is 1. The first-order valence-corrected chi connectivity index (χ1v) is 9.75. The predicted octanol–water partition coefficient (Wildman–Crippen LogP) is 5.10. The van der Waals surface area contributed by atoms with Gasteiger partial charge in [-0.15, -0.1) is 0 Å². The number of aryl methyl sites for hydroxylation is 1. The van der Waals surface area contributed by atoms with Gasteiger partial charge in [-0.2, -0.15) is 0 Å². The second-order valence-electron chi connectivity index (χ2n) is 8.29. The van der Waals surface area contributed by atoms with E-state index in [1.807, 2.05) is 55.5 Å². The summed E-state index contributed by atoms with van der Waals surface area (Å²) >= 11 is 0. The van der Waals surface area contributed by atoms with Crippen LogP contribution in [0.15, 0.2) is 60.7 Å². The van der Waals surface area contributed by atoms with E-state index in [-0.39, 0.29) is 11.3 Å². The van der Waals surface area contributed by atoms with Crippen LogP contribution < -0.4 is 5.32 Å². The number of nitrogens with one attached hydrogen (secondary N) is 1. The lowest BCUT2D eigenvalue weighted by molar-refractivity contribution is 0.0779. The number of nitrogens with zero attached hydrogens (tertiary/aromatic N) is 3. The molecule has 1 N–H and O–H groups in total. The average molecular weight is 389 g/mol. The Kier molecular flexibility index (Phi) is 5.97. The van der Waals surface area contributed by atoms with Crippen molar-refractivity contribution in [2.75, 3.05) is 12.4 Å². The molecule has 0 bridgehead atoms. The monoisotopic (exact) mass is 388 g/mol. The summed E-state index contributed by atoms with van der Waals surface area (Å²) in [6.07, 6.45) is 0. The molecule has 2 aromatic carbocycles. The molecule has 5 nitrogen and oxygen atoms in total. The van der Waals surface area contributed by atoms with Gasteiger partial charge in [0.1, 0.15) is 5.69 Å². The van der Waals surface area contributed by atoms with Crippen molar-refractivity contribution in [3.8, 4) is 0 Å². The molecule has 3 rings (SSSR count). The van der Waals surface area contributed by atoms with Crippen molar-refractivity contribution >= 4 is 17.5 Å². The lowest BCUT2D eigenvalue weighted by Crippen LogP contribution is -2.27. The van der Waals surface area contributed by atoms with Crippen LogP contribution in [0, 0.1) is 6.92 Å². The number of amides is 1. The first-order chi connectivity index (χ1) is 13.7. The van der Waals surface area contributed by atoms with Gasteiger partial charge in [0.05, 0.1) is 0 Å². The van der Waals surface area contributed by atoms with Crippen molar-refractivity contribution in [1.82, 2.24) is 14.9 Å². The fourth-order valence-corrected chi connectivity index (χ4v) is 3.23. The maximum absolute atomic E-state index is 12.9. The topological polar surface area (TPSA) is 58.1 Å². The van der Waals surface area contributed by atoms with E-state index >= 15 is 0 Å². The second-order valence-corrected chi connectivity index (χ2v) is 8.29. The number of hydrogen-bond acceptors (Lipinski definition) is 4. The Morgan fingerprint density at radius 2 is 1.66 bits per heavy atom. The summed E-state index contributed by atoms with van der Waals surface area (Å²) in [5.74, 6) is 0.296. The van der Waals surface area contributed by atoms with Gasteiger partial charge in [-0.25, -0.2) is 9.97 Å². The molecule has 0 aliphatic heterocycles. The Bertz CT molecular complexity index is 993. The summed E-state index contributed by atoms with van der Waals surface area (Å²) in [6.45, 7) is 8.89. The van der Waals surface area contributed by atoms with Crippen LogP contribution >= 0.6 is 0 Å². The van der Waals surface area contributed by atoms with E-state index in [1.165, 1.54) is 5.56 Å². The highest BCUT2D eigenvalue weighted by Gasteiger charge is 2.19. The number of aromatic nitrogens is 2. The Morgan fingerprint density at radius 1 is 1.00 bits per heavy atom. The first-order valence-electron chi connectivity index (χ1n) is 9.75. The molecule has 0 saturated heterocycles. The maximum Gasteiger partial charge on any atom is 0.272 e. The summed E-state index contributed by atoms with van der Waals surface area (Å²) < 4.78 is 0. The summed E-state index contributed by atoms with van der Waals surface area (Å²) in [5, 5.41) is 3.31. The van der Waals surface area contributed by atoms with Crippen molar-refractivity contribution in [3.05, 3.63) is 83.2 Å². The Labute approximate surface area is 172 Å². The van der Waals surface area contributed by atoms with Gasteiger partial charge in [0, 0.05) is 25.0 Å². The normalized spacial score (nSPS) is 11.2. The van der Waals surface area contributed by atoms with Crippen LogP contribution in [-0.4, -0.2) is 27.8 Å². The van der Waals surface area contributed by atoms with Gasteiger partial charge in [-0.05, 0) is 35.6 Å². The van der Waals surface area contributed by atoms with Crippen molar-refractivity contribution in [2.24, 2.45) is 0 Å². The summed E-state index contributed by atoms with van der Waals surface area (Å²) in [7, 11) is 1.79. The van der Waals surface area contributed by atoms with Crippen LogP contribution in [0.1, 0.15) is 48.1 Å². The maximum atomic E-state index is 12.9. The van der Waals surface area contributed by atoms with Crippen LogP contribution in [0.5, 0.6) is 0 Å². The zero-order chi connectivity index (χ0) is 21.0. The van der Waals surface area contributed by atoms with Crippen LogP contribution in [0.2, 0.25) is 0 Å². The third kappa shape index (κ3) is 5.19. The molecule has 0 atom stereocenters. The van der Waals surface area contributed by atoms with E-state index in [2.05, 4.69) is 42.1 Å². The van der Waals surface area contributed by atoms with E-state index < -0.39 is 0 Å². The number of hydrogen-bond donors (Lipinski definition) is 1. The molecule has 29 heavy (non-hydrogen) atoms. The molecule has 0 radical (unpaired) electrons. The van der Waals surface area contributed by atoms with Crippen LogP contribution in [-0.2, 0) is 12.0 Å². The molecule has 0 saturated carbocycles. The van der Waals surface area contributed by atoms with E-state index in [9.17, 15) is 4.79 Å². The fourth-order valence-electron chi connectivity index (χ4n) is 3.23. The average Bonchev–Trinajstić information content (AvgIpc) is 2.67. The van der Waals surface area contributed by atoms with Crippen LogP contribution in [0.25, 0.3) is 0 Å². The molecule has 3 aromatic rings. The Hall–Kier alpha value is -3.21. The van der Waals surface area contributed by atoms with E-state index in [0.29, 0.717) is 18.2 Å². The minimum atomic E-state index is -0.133. The smallest absolute Gasteiger partial charge is 0.272 e. The molecule has 5 heteroatoms. The zero-order valence-electron chi connectivity index (χ0n) is 17.7. The summed E-state index contributed by atoms with van der Waals surface area (Å²) in [6, 6.07) is 19.7. The second kappa shape index (κ2) is 8.43. The standard InChI is InChI=1S/C24H28N4O/c1-17-15-21(22(29)28(5)16-18-11-7-6-8-12-18)27-23(25-17)26-20-14-10-9-13-19(20)24(2,3)4/h6-15H,16H2,1-5H3,(H,25,26,27). The molecular weight excluding hydrogens is 360 g/mol. The largest absolute Gasteiger partial charge is 0.336 e. The molecular formula is C24H28N4O. The lowest BCUT2D eigenvalue weighted by atomic mass is 9.86. The van der Waals surface area contributed by atoms with Gasteiger partial charge in [0.15, 0.2) is 0 Å². The van der Waals surface area contributed by atoms with E-state index in [4.69, 9.17) is 0 Å². The van der Waals surface area contributed by atoms with Crippen molar-refractivity contribution in [1.29, 1.82) is 0 Å². The van der Waals surface area contributed by atoms with Crippen molar-refractivity contribution in [2.45, 2.75) is 39.7 Å². The predicted molar refractivity (Wildman–Crippen MR) is 117 cm³/mol. The third-order valence-electron chi connectivity index (χ3n) is 4.66. The summed E-state index contributed by atoms with van der Waals surface area (Å²) in [4.78, 5) is 23.6. The highest BCUT2D eigenvalue weighted by atomic mass is 16.2. The zero-order valence-corrected chi connectivity index (χ0v) is 17.7. The highest BCUT2D eigenvalue weighted by molar-refractivity contribution is 5.92. The summed E-state index contributed by atoms with van der Waals surface area (Å²) in [5.41, 5.74) is 4.29. The molecule has 0 fully saturated rings. The number of carbonyl (C=O) groups excluding carboxylic acids is 1. The number of anilines is 2. The molecule has 0 unspecified atom stereocenters. The van der Waals surface area contributed by atoms with Crippen LogP contribution in [0.3, 0.4) is 0 Å². The quantitative estimate of drug-likeness (QED) is 0.661. The van der Waals surface area contributed by atoms with E-state index in [1.54, 1.807) is 18.0 Å².